The number of aliphatic hydroxyl groups is 1. The van der Waals surface area contributed by atoms with Crippen LogP contribution in [0.2, 0.25) is 0 Å². The summed E-state index contributed by atoms with van der Waals surface area (Å²) in [6.45, 7) is 5.36. The van der Waals surface area contributed by atoms with Crippen molar-refractivity contribution in [1.82, 2.24) is 0 Å². The van der Waals surface area contributed by atoms with Gasteiger partial charge in [0.1, 0.15) is 6.10 Å². The fourth-order valence-corrected chi connectivity index (χ4v) is 3.46. The maximum absolute atomic E-state index is 13.1. The molecule has 0 aliphatic heterocycles. The van der Waals surface area contributed by atoms with Gasteiger partial charge in [0.2, 0.25) is 0 Å². The van der Waals surface area contributed by atoms with Crippen molar-refractivity contribution < 1.29 is 18.1 Å². The highest BCUT2D eigenvalue weighted by molar-refractivity contribution is 7.85. The molecule has 112 valence electrons. The summed E-state index contributed by atoms with van der Waals surface area (Å²) in [6.07, 6.45) is -0.163. The van der Waals surface area contributed by atoms with Gasteiger partial charge in [-0.3, -0.25) is 4.21 Å². The van der Waals surface area contributed by atoms with Gasteiger partial charge >= 0.3 is 5.38 Å². The molecule has 0 aromatic heterocycles. The normalized spacial score (nSPS) is 16.4. The highest BCUT2D eigenvalue weighted by atomic mass is 35.5. The number of halogens is 3. The number of aryl methyl sites for hydroxylation is 1. The number of hydrogen-bond donors (Lipinski definition) is 1. The Balaban J connectivity index is 3.00. The molecule has 1 rings (SSSR count). The number of alkyl halides is 3. The largest absolute Gasteiger partial charge is 0.384 e. The molecule has 0 radical (unpaired) electrons. The number of hydrogen-bond acceptors (Lipinski definition) is 2. The topological polar surface area (TPSA) is 37.3 Å². The molecule has 0 bridgehead atoms. The number of aliphatic hydroxyl groups excluding tert-OH is 1. The summed E-state index contributed by atoms with van der Waals surface area (Å²) in [5.41, 5.74) is 0.969. The lowest BCUT2D eigenvalue weighted by molar-refractivity contribution is -0.0422. The van der Waals surface area contributed by atoms with E-state index in [1.807, 2.05) is 6.92 Å². The molecule has 0 amide bonds. The van der Waals surface area contributed by atoms with E-state index >= 15 is 0 Å². The summed E-state index contributed by atoms with van der Waals surface area (Å²) in [5.74, 6) is 0. The van der Waals surface area contributed by atoms with Gasteiger partial charge in [-0.1, -0.05) is 23.8 Å². The molecule has 0 fully saturated rings. The van der Waals surface area contributed by atoms with Crippen molar-refractivity contribution in [2.24, 2.45) is 0 Å². The van der Waals surface area contributed by atoms with Crippen molar-refractivity contribution in [3.05, 3.63) is 42.5 Å². The second kappa shape index (κ2) is 7.29. The quantitative estimate of drug-likeness (QED) is 0.615. The van der Waals surface area contributed by atoms with E-state index in [9.17, 15) is 18.1 Å². The van der Waals surface area contributed by atoms with Crippen LogP contribution in [0.15, 0.2) is 41.8 Å². The van der Waals surface area contributed by atoms with E-state index in [-0.39, 0.29) is 6.42 Å². The van der Waals surface area contributed by atoms with E-state index in [1.165, 1.54) is 6.08 Å². The number of benzene rings is 1. The molecule has 0 aliphatic rings. The van der Waals surface area contributed by atoms with Gasteiger partial charge in [-0.2, -0.15) is 8.78 Å². The molecule has 20 heavy (non-hydrogen) atoms. The predicted molar refractivity (Wildman–Crippen MR) is 77.6 cm³/mol. The molecule has 0 unspecified atom stereocenters. The van der Waals surface area contributed by atoms with Gasteiger partial charge in [-0.05, 0) is 43.5 Å². The second-order valence-electron chi connectivity index (χ2n) is 4.50. The average molecular weight is 323 g/mol. The van der Waals surface area contributed by atoms with Crippen LogP contribution in [0.5, 0.6) is 0 Å². The first-order chi connectivity index (χ1) is 9.27. The fourth-order valence-electron chi connectivity index (χ4n) is 1.72. The van der Waals surface area contributed by atoms with E-state index in [4.69, 9.17) is 11.6 Å². The van der Waals surface area contributed by atoms with Crippen LogP contribution >= 0.6 is 11.6 Å². The lowest BCUT2D eigenvalue weighted by Crippen LogP contribution is -2.41. The third-order valence-corrected chi connectivity index (χ3v) is 4.87. The zero-order valence-electron chi connectivity index (χ0n) is 11.1. The molecule has 0 saturated heterocycles. The Kier molecular flexibility index (Phi) is 6.30. The number of allylic oxidation sites excluding steroid dienone is 1. The van der Waals surface area contributed by atoms with Gasteiger partial charge in [0.05, 0.1) is 16.0 Å². The third kappa shape index (κ3) is 4.65. The minimum atomic E-state index is -3.81. The molecule has 0 heterocycles. The van der Waals surface area contributed by atoms with Gasteiger partial charge in [0.15, 0.2) is 0 Å². The Bertz CT molecular complexity index is 471. The van der Waals surface area contributed by atoms with Crippen molar-refractivity contribution in [3.8, 4) is 0 Å². The van der Waals surface area contributed by atoms with Crippen molar-refractivity contribution in [2.75, 3.05) is 0 Å². The van der Waals surface area contributed by atoms with Crippen LogP contribution in [0, 0.1) is 6.92 Å². The summed E-state index contributed by atoms with van der Waals surface area (Å²) in [6, 6.07) is 6.68. The lowest BCUT2D eigenvalue weighted by Gasteiger charge is -2.25. The van der Waals surface area contributed by atoms with Crippen LogP contribution in [0.3, 0.4) is 0 Å². The summed E-state index contributed by atoms with van der Waals surface area (Å²) < 4.78 is 38.6. The Morgan fingerprint density at radius 1 is 1.45 bits per heavy atom. The minimum absolute atomic E-state index is 0.119. The molecule has 3 atom stereocenters. The molecular weight excluding hydrogens is 306 g/mol. The Morgan fingerprint density at radius 3 is 2.45 bits per heavy atom. The smallest absolute Gasteiger partial charge is 0.348 e. The number of rotatable bonds is 7. The van der Waals surface area contributed by atoms with E-state index < -0.39 is 27.5 Å². The zero-order chi connectivity index (χ0) is 15.3. The van der Waals surface area contributed by atoms with Crippen molar-refractivity contribution in [2.45, 2.75) is 41.4 Å². The van der Waals surface area contributed by atoms with Crippen LogP contribution in [0.25, 0.3) is 0 Å². The molecule has 0 spiro atoms. The molecule has 6 heteroatoms. The minimum Gasteiger partial charge on any atom is -0.384 e. The van der Waals surface area contributed by atoms with E-state index in [2.05, 4.69) is 6.58 Å². The van der Waals surface area contributed by atoms with Crippen LogP contribution in [0.4, 0.5) is 8.78 Å². The molecule has 1 N–H and O–H groups in total. The maximum atomic E-state index is 13.1. The summed E-state index contributed by atoms with van der Waals surface area (Å²) in [5, 5.41) is 4.69. The van der Waals surface area contributed by atoms with Crippen molar-refractivity contribution in [1.29, 1.82) is 0 Å². The van der Waals surface area contributed by atoms with E-state index in [0.29, 0.717) is 11.3 Å². The molecule has 0 saturated carbocycles. The van der Waals surface area contributed by atoms with Gasteiger partial charge in [-0.25, -0.2) is 0 Å². The summed E-state index contributed by atoms with van der Waals surface area (Å²) in [4.78, 5) is 0.393. The zero-order valence-corrected chi connectivity index (χ0v) is 12.6. The Morgan fingerprint density at radius 2 is 2.00 bits per heavy atom. The van der Waals surface area contributed by atoms with Gasteiger partial charge in [0.25, 0.3) is 0 Å². The second-order valence-corrected chi connectivity index (χ2v) is 6.68. The van der Waals surface area contributed by atoms with Crippen molar-refractivity contribution in [3.63, 3.8) is 0 Å². The highest BCUT2D eigenvalue weighted by Gasteiger charge is 2.43. The van der Waals surface area contributed by atoms with E-state index in [0.717, 1.165) is 5.56 Å². The third-order valence-electron chi connectivity index (χ3n) is 2.87. The Hall–Kier alpha value is -0.780. The van der Waals surface area contributed by atoms with Crippen LogP contribution in [-0.2, 0) is 10.8 Å². The van der Waals surface area contributed by atoms with Crippen LogP contribution in [0.1, 0.15) is 18.4 Å². The molecule has 0 aliphatic carbocycles. The lowest BCUT2D eigenvalue weighted by atomic mass is 10.1. The highest BCUT2D eigenvalue weighted by Crippen LogP contribution is 2.31. The monoisotopic (exact) mass is 322 g/mol. The summed E-state index contributed by atoms with van der Waals surface area (Å²) in [7, 11) is -1.77. The molecule has 1 aromatic carbocycles. The standard InChI is InChI=1S/C14H17ClF2O2S/c1-3-4-5-12(13(18)14(15,16)17)20(19)11-8-6-10(2)7-9-11/h3,6-9,12-13,18H,1,4-5H2,2H3/t12-,13+,20+/m1/s1. The molecular formula is C14H17ClF2O2S. The van der Waals surface area contributed by atoms with Crippen LogP contribution in [-0.4, -0.2) is 26.1 Å². The SMILES string of the molecule is C=CCC[C@H]([C@H](O)C(F)(F)Cl)[S@@](=O)c1ccc(C)cc1. The van der Waals surface area contributed by atoms with Gasteiger partial charge in [-0.15, -0.1) is 6.58 Å². The first-order valence-corrected chi connectivity index (χ1v) is 7.69. The fraction of sp³-hybridized carbons (Fsp3) is 0.429. The summed E-state index contributed by atoms with van der Waals surface area (Å²) >= 11 is 4.87. The average Bonchev–Trinajstić information content (AvgIpc) is 2.38. The van der Waals surface area contributed by atoms with E-state index in [1.54, 1.807) is 24.3 Å². The maximum Gasteiger partial charge on any atom is 0.348 e. The predicted octanol–water partition coefficient (Wildman–Crippen LogP) is 3.63. The molecule has 1 aromatic rings. The van der Waals surface area contributed by atoms with Crippen LogP contribution < -0.4 is 0 Å². The van der Waals surface area contributed by atoms with Gasteiger partial charge < -0.3 is 5.11 Å². The first-order valence-electron chi connectivity index (χ1n) is 6.10. The Labute approximate surface area is 124 Å². The van der Waals surface area contributed by atoms with Crippen molar-refractivity contribution >= 4 is 22.4 Å². The molecule has 2 nitrogen and oxygen atoms in total. The first kappa shape index (κ1) is 17.3. The van der Waals surface area contributed by atoms with Gasteiger partial charge in [0, 0.05) is 4.90 Å².